The van der Waals surface area contributed by atoms with Gasteiger partial charge in [-0.05, 0) is 98.3 Å². The average Bonchev–Trinajstić information content (AvgIpc) is 3.22. The number of anilines is 3. The second-order valence-electron chi connectivity index (χ2n) is 14.6. The van der Waals surface area contributed by atoms with Crippen molar-refractivity contribution in [3.05, 3.63) is 132 Å². The average molecular weight is 861 g/mol. The fourth-order valence-electron chi connectivity index (χ4n) is 6.92. The maximum atomic E-state index is 14.6. The predicted octanol–water partition coefficient (Wildman–Crippen LogP) is 9.01. The molecule has 0 spiro atoms. The molecule has 7 rings (SSSR count). The van der Waals surface area contributed by atoms with E-state index in [2.05, 4.69) is 41.9 Å². The number of thioether (sulfide) groups is 1. The molecule has 0 amide bonds. The number of hydrogen-bond donors (Lipinski definition) is 2. The van der Waals surface area contributed by atoms with Crippen molar-refractivity contribution in [3.8, 4) is 11.1 Å². The number of nitrogens with one attached hydrogen (secondary N) is 2. The first-order valence-corrected chi connectivity index (χ1v) is 21.9. The Balaban J connectivity index is 1.04. The number of alkyl halides is 3. The molecule has 0 bridgehead atoms. The maximum Gasteiger partial charge on any atom is 0.418 e. The lowest BCUT2D eigenvalue weighted by Crippen LogP contribution is -2.46. The first-order valence-electron chi connectivity index (χ1n) is 19.1. The quantitative estimate of drug-likeness (QED) is 0.0973. The Labute approximate surface area is 351 Å². The number of hydrogen-bond acceptors (Lipinski definition) is 10. The van der Waals surface area contributed by atoms with E-state index in [4.69, 9.17) is 16.6 Å². The molecule has 1 fully saturated rings. The van der Waals surface area contributed by atoms with E-state index in [1.807, 2.05) is 85.7 Å². The van der Waals surface area contributed by atoms with Crippen molar-refractivity contribution in [2.75, 3.05) is 67.5 Å². The summed E-state index contributed by atoms with van der Waals surface area (Å²) in [6.45, 7) is 4.43. The summed E-state index contributed by atoms with van der Waals surface area (Å²) in [7, 11) is -0.710. The van der Waals surface area contributed by atoms with E-state index in [1.165, 1.54) is 35.8 Å². The lowest BCUT2D eigenvalue weighted by molar-refractivity contribution is -0.137. The number of nitrogens with zero attached hydrogens (tertiary/aromatic N) is 6. The molecule has 59 heavy (non-hydrogen) atoms. The van der Waals surface area contributed by atoms with E-state index in [-0.39, 0.29) is 23.2 Å². The lowest BCUT2D eigenvalue weighted by Gasteiger charge is -2.35. The molecule has 6 aromatic rings. The van der Waals surface area contributed by atoms with Gasteiger partial charge in [0, 0.05) is 60.1 Å². The zero-order valence-corrected chi connectivity index (χ0v) is 34.9. The number of sulfonamides is 1. The van der Waals surface area contributed by atoms with E-state index in [0.29, 0.717) is 54.1 Å². The first-order chi connectivity index (χ1) is 28.3. The highest BCUT2D eigenvalue weighted by Crippen LogP contribution is 2.38. The van der Waals surface area contributed by atoms with Crippen LogP contribution in [-0.4, -0.2) is 91.8 Å². The van der Waals surface area contributed by atoms with Gasteiger partial charge in [-0.2, -0.15) is 13.2 Å². The molecule has 1 aliphatic rings. The standard InChI is InChI=1S/C43H44ClF3N8O2S2/c1-53(2)21-20-33(28-58-34-9-4-3-5-10-34)50-39-18-16-35(26-38(39)43(45,46)47)59(56,57)52-42-37-17-19-40(51-41(37)48-29-49-42)55-24-22-54(23-25-55)27-31-8-6-7-11-36(31)30-12-14-32(44)15-13-30/h3-19,26,29,33,50H,20-25,27-28H2,1-2H3,(H,48,49,51,52). The van der Waals surface area contributed by atoms with E-state index >= 15 is 0 Å². The summed E-state index contributed by atoms with van der Waals surface area (Å²) in [5, 5.41) is 4.07. The molecule has 3 heterocycles. The molecular weight excluding hydrogens is 817 g/mol. The molecule has 1 saturated heterocycles. The Morgan fingerprint density at radius 1 is 0.881 bits per heavy atom. The fourth-order valence-corrected chi connectivity index (χ4v) is 9.09. The van der Waals surface area contributed by atoms with E-state index in [0.717, 1.165) is 35.7 Å². The predicted molar refractivity (Wildman–Crippen MR) is 232 cm³/mol. The van der Waals surface area contributed by atoms with Gasteiger partial charge in [0.1, 0.15) is 12.1 Å². The summed E-state index contributed by atoms with van der Waals surface area (Å²) < 4.78 is 73.4. The Bertz CT molecular complexity index is 2470. The Morgan fingerprint density at radius 3 is 2.34 bits per heavy atom. The summed E-state index contributed by atoms with van der Waals surface area (Å²) in [4.78, 5) is 20.1. The van der Waals surface area contributed by atoms with Crippen molar-refractivity contribution in [2.24, 2.45) is 0 Å². The molecule has 1 atom stereocenters. The molecule has 308 valence electrons. The van der Waals surface area contributed by atoms with Crippen LogP contribution < -0.4 is 14.9 Å². The number of pyridine rings is 1. The van der Waals surface area contributed by atoms with Crippen LogP contribution in [-0.2, 0) is 22.7 Å². The summed E-state index contributed by atoms with van der Waals surface area (Å²) >= 11 is 7.66. The van der Waals surface area contributed by atoms with Gasteiger partial charge in [-0.1, -0.05) is 66.2 Å². The van der Waals surface area contributed by atoms with Crippen LogP contribution in [0.15, 0.2) is 125 Å². The van der Waals surface area contributed by atoms with Crippen molar-refractivity contribution in [2.45, 2.75) is 35.0 Å². The molecular formula is C43H44ClF3N8O2S2. The second-order valence-corrected chi connectivity index (χ2v) is 17.8. The molecule has 2 N–H and O–H groups in total. The van der Waals surface area contributed by atoms with Gasteiger partial charge in [-0.15, -0.1) is 11.8 Å². The number of aromatic nitrogens is 3. The van der Waals surface area contributed by atoms with Gasteiger partial charge in [0.05, 0.1) is 15.8 Å². The molecule has 0 radical (unpaired) electrons. The molecule has 1 unspecified atom stereocenters. The zero-order valence-electron chi connectivity index (χ0n) is 32.5. The van der Waals surface area contributed by atoms with Crippen molar-refractivity contribution in [3.63, 3.8) is 0 Å². The zero-order chi connectivity index (χ0) is 41.6. The highest BCUT2D eigenvalue weighted by molar-refractivity contribution is 7.99. The van der Waals surface area contributed by atoms with Crippen LogP contribution in [0.5, 0.6) is 0 Å². The van der Waals surface area contributed by atoms with Crippen LogP contribution in [0.1, 0.15) is 17.5 Å². The molecule has 0 saturated carbocycles. The minimum absolute atomic E-state index is 0.0873. The van der Waals surface area contributed by atoms with Crippen molar-refractivity contribution < 1.29 is 21.6 Å². The molecule has 4 aromatic carbocycles. The second kappa shape index (κ2) is 18.6. The van der Waals surface area contributed by atoms with Gasteiger partial charge in [-0.3, -0.25) is 9.62 Å². The number of fused-ring (bicyclic) bond motifs is 1. The molecule has 16 heteroatoms. The molecule has 2 aromatic heterocycles. The van der Waals surface area contributed by atoms with Gasteiger partial charge in [-0.25, -0.2) is 23.4 Å². The van der Waals surface area contributed by atoms with E-state index in [9.17, 15) is 21.6 Å². The van der Waals surface area contributed by atoms with Gasteiger partial charge >= 0.3 is 6.18 Å². The van der Waals surface area contributed by atoms with Crippen molar-refractivity contribution in [1.82, 2.24) is 24.8 Å². The van der Waals surface area contributed by atoms with Crippen LogP contribution in [0.25, 0.3) is 22.2 Å². The summed E-state index contributed by atoms with van der Waals surface area (Å²) in [5.74, 6) is 1.09. The number of piperazine rings is 1. The van der Waals surface area contributed by atoms with Gasteiger partial charge in [0.25, 0.3) is 10.0 Å². The summed E-state index contributed by atoms with van der Waals surface area (Å²) in [6.07, 6.45) is -3.08. The maximum absolute atomic E-state index is 14.6. The number of halogens is 4. The minimum Gasteiger partial charge on any atom is -0.381 e. The number of rotatable bonds is 15. The largest absolute Gasteiger partial charge is 0.418 e. The van der Waals surface area contributed by atoms with Gasteiger partial charge < -0.3 is 15.1 Å². The van der Waals surface area contributed by atoms with Crippen LogP contribution in [0.2, 0.25) is 5.02 Å². The molecule has 0 aliphatic carbocycles. The van der Waals surface area contributed by atoms with Crippen LogP contribution in [0.3, 0.4) is 0 Å². The fraction of sp³-hybridized carbons (Fsp3) is 0.279. The van der Waals surface area contributed by atoms with Crippen molar-refractivity contribution in [1.29, 1.82) is 0 Å². The topological polar surface area (TPSA) is 107 Å². The monoisotopic (exact) mass is 860 g/mol. The van der Waals surface area contributed by atoms with Crippen LogP contribution in [0.4, 0.5) is 30.5 Å². The lowest BCUT2D eigenvalue weighted by atomic mass is 9.99. The summed E-state index contributed by atoms with van der Waals surface area (Å²) in [5.41, 5.74) is 2.48. The molecule has 1 aliphatic heterocycles. The van der Waals surface area contributed by atoms with Gasteiger partial charge in [0.2, 0.25) is 0 Å². The Kier molecular flexibility index (Phi) is 13.3. The third kappa shape index (κ3) is 10.8. The SMILES string of the molecule is CN(C)CCC(CSc1ccccc1)Nc1ccc(S(=O)(=O)Nc2ncnc3nc(N4CCN(Cc5ccccc5-c5ccc(Cl)cc5)CC4)ccc23)cc1C(F)(F)F. The number of benzene rings is 4. The highest BCUT2D eigenvalue weighted by Gasteiger charge is 2.36. The Hall–Kier alpha value is -4.93. The van der Waals surface area contributed by atoms with Gasteiger partial charge in [0.15, 0.2) is 11.5 Å². The normalized spacial score (nSPS) is 14.5. The first kappa shape index (κ1) is 42.2. The van der Waals surface area contributed by atoms with Crippen molar-refractivity contribution >= 4 is 61.7 Å². The van der Waals surface area contributed by atoms with Crippen LogP contribution >= 0.6 is 23.4 Å². The van der Waals surface area contributed by atoms with Crippen LogP contribution in [0, 0.1) is 0 Å². The highest BCUT2D eigenvalue weighted by atomic mass is 35.5. The minimum atomic E-state index is -4.83. The smallest absolute Gasteiger partial charge is 0.381 e. The van der Waals surface area contributed by atoms with E-state index in [1.54, 1.807) is 12.1 Å². The van der Waals surface area contributed by atoms with E-state index < -0.39 is 26.7 Å². The Morgan fingerprint density at radius 2 is 1.61 bits per heavy atom. The molecule has 10 nitrogen and oxygen atoms in total. The third-order valence-corrected chi connectivity index (χ3v) is 12.8. The third-order valence-electron chi connectivity index (χ3n) is 10.1. The summed E-state index contributed by atoms with van der Waals surface area (Å²) in [6, 6.07) is 31.9.